The predicted octanol–water partition coefficient (Wildman–Crippen LogP) is 0.958. The first-order valence-electron chi connectivity index (χ1n) is 8.16. The largest absolute Gasteiger partial charge is 0.375 e. The van der Waals surface area contributed by atoms with Crippen molar-refractivity contribution in [1.82, 2.24) is 14.8 Å². The van der Waals surface area contributed by atoms with Crippen LogP contribution < -0.4 is 10.9 Å². The number of carbonyl (C=O) groups is 1. The summed E-state index contributed by atoms with van der Waals surface area (Å²) in [5.41, 5.74) is 0.842. The Balaban J connectivity index is 2.18. The monoisotopic (exact) mass is 321 g/mol. The first-order valence-corrected chi connectivity index (χ1v) is 8.16. The maximum absolute atomic E-state index is 12.5. The van der Waals surface area contributed by atoms with Gasteiger partial charge in [0.25, 0.3) is 11.5 Å². The summed E-state index contributed by atoms with van der Waals surface area (Å²) in [5, 5.41) is 2.96. The molecule has 1 amide bonds. The number of aromatic nitrogens is 1. The Morgan fingerprint density at radius 3 is 2.65 bits per heavy atom. The second-order valence-corrected chi connectivity index (χ2v) is 6.49. The number of ether oxygens (including phenoxy) is 1. The molecule has 1 N–H and O–H groups in total. The fraction of sp³-hybridized carbons (Fsp3) is 0.647. The van der Waals surface area contributed by atoms with E-state index < -0.39 is 0 Å². The normalized spacial score (nSPS) is 21.8. The van der Waals surface area contributed by atoms with Crippen molar-refractivity contribution in [2.75, 3.05) is 26.7 Å². The van der Waals surface area contributed by atoms with Crippen LogP contribution in [0.1, 0.15) is 42.7 Å². The highest BCUT2D eigenvalue weighted by molar-refractivity contribution is 5.94. The lowest BCUT2D eigenvalue weighted by molar-refractivity contribution is 0.0513. The highest BCUT2D eigenvalue weighted by Gasteiger charge is 2.33. The summed E-state index contributed by atoms with van der Waals surface area (Å²) in [6.45, 7) is 8.10. The average Bonchev–Trinajstić information content (AvgIpc) is 2.81. The van der Waals surface area contributed by atoms with Gasteiger partial charge in [0.05, 0.1) is 12.1 Å². The minimum atomic E-state index is -0.328. The van der Waals surface area contributed by atoms with E-state index in [1.807, 2.05) is 33.9 Å². The summed E-state index contributed by atoms with van der Waals surface area (Å²) in [6.07, 6.45) is -0.0345. The third-order valence-corrected chi connectivity index (χ3v) is 4.33. The molecule has 1 aliphatic heterocycles. The number of nitrogens with zero attached hydrogens (tertiary/aromatic N) is 2. The number of hydrogen-bond acceptors (Lipinski definition) is 4. The van der Waals surface area contributed by atoms with Gasteiger partial charge in [-0.2, -0.15) is 0 Å². The van der Waals surface area contributed by atoms with Gasteiger partial charge in [0.1, 0.15) is 5.56 Å². The zero-order valence-corrected chi connectivity index (χ0v) is 14.6. The standard InChI is InChI=1S/C17H27N3O3/c1-6-23-15-10-19(4)9-13(15)18-16(21)12-7-8-14(11(2)3)20(5)17(12)22/h7-8,11,13,15H,6,9-10H2,1-5H3,(H,18,21)/t13-,15-/m0/s1. The van der Waals surface area contributed by atoms with Crippen molar-refractivity contribution >= 4 is 5.91 Å². The Morgan fingerprint density at radius 2 is 2.04 bits per heavy atom. The summed E-state index contributed by atoms with van der Waals surface area (Å²) >= 11 is 0. The van der Waals surface area contributed by atoms with E-state index in [4.69, 9.17) is 4.74 Å². The Kier molecular flexibility index (Phi) is 5.59. The average molecular weight is 321 g/mol. The zero-order chi connectivity index (χ0) is 17.1. The molecule has 1 aliphatic rings. The molecule has 1 saturated heterocycles. The van der Waals surface area contributed by atoms with Crippen LogP contribution in [0.3, 0.4) is 0 Å². The number of rotatable bonds is 5. The van der Waals surface area contributed by atoms with Crippen molar-refractivity contribution in [3.05, 3.63) is 33.7 Å². The van der Waals surface area contributed by atoms with E-state index in [0.717, 1.165) is 18.8 Å². The van der Waals surface area contributed by atoms with Crippen LogP contribution in [0.4, 0.5) is 0 Å². The van der Waals surface area contributed by atoms with E-state index in [1.165, 1.54) is 0 Å². The summed E-state index contributed by atoms with van der Waals surface area (Å²) in [7, 11) is 3.70. The highest BCUT2D eigenvalue weighted by atomic mass is 16.5. The number of carbonyl (C=O) groups excluding carboxylic acids is 1. The Morgan fingerprint density at radius 1 is 1.35 bits per heavy atom. The molecular weight excluding hydrogens is 294 g/mol. The van der Waals surface area contributed by atoms with E-state index in [2.05, 4.69) is 10.2 Å². The Labute approximate surface area is 137 Å². The van der Waals surface area contributed by atoms with Crippen molar-refractivity contribution in [3.63, 3.8) is 0 Å². The van der Waals surface area contributed by atoms with Gasteiger partial charge in [-0.3, -0.25) is 9.59 Å². The fourth-order valence-electron chi connectivity index (χ4n) is 3.13. The maximum atomic E-state index is 12.5. The Hall–Kier alpha value is -1.66. The maximum Gasteiger partial charge on any atom is 0.263 e. The molecule has 2 heterocycles. The number of amides is 1. The fourth-order valence-corrected chi connectivity index (χ4v) is 3.13. The molecule has 2 rings (SSSR count). The number of pyridine rings is 1. The number of hydrogen-bond donors (Lipinski definition) is 1. The van der Waals surface area contributed by atoms with Gasteiger partial charge in [0, 0.05) is 32.4 Å². The predicted molar refractivity (Wildman–Crippen MR) is 89.9 cm³/mol. The second kappa shape index (κ2) is 7.27. The molecule has 0 unspecified atom stereocenters. The summed E-state index contributed by atoms with van der Waals surface area (Å²) in [4.78, 5) is 27.1. The first kappa shape index (κ1) is 17.7. The minimum Gasteiger partial charge on any atom is -0.375 e. The van der Waals surface area contributed by atoms with Crippen LogP contribution in [-0.2, 0) is 11.8 Å². The van der Waals surface area contributed by atoms with Gasteiger partial charge in [0.2, 0.25) is 0 Å². The molecule has 0 saturated carbocycles. The SMILES string of the molecule is CCO[C@H]1CN(C)C[C@@H]1NC(=O)c1ccc(C(C)C)n(C)c1=O. The van der Waals surface area contributed by atoms with E-state index >= 15 is 0 Å². The molecule has 1 fully saturated rings. The van der Waals surface area contributed by atoms with Crippen LogP contribution in [0.5, 0.6) is 0 Å². The van der Waals surface area contributed by atoms with Crippen molar-refractivity contribution in [3.8, 4) is 0 Å². The van der Waals surface area contributed by atoms with Gasteiger partial charge in [-0.05, 0) is 32.0 Å². The van der Waals surface area contributed by atoms with Crippen LogP contribution >= 0.6 is 0 Å². The van der Waals surface area contributed by atoms with E-state index in [0.29, 0.717) is 6.61 Å². The van der Waals surface area contributed by atoms with Crippen LogP contribution in [0.2, 0.25) is 0 Å². The zero-order valence-electron chi connectivity index (χ0n) is 14.6. The van der Waals surface area contributed by atoms with E-state index in [9.17, 15) is 9.59 Å². The topological polar surface area (TPSA) is 63.6 Å². The molecule has 6 heteroatoms. The first-order chi connectivity index (χ1) is 10.8. The molecule has 0 aromatic carbocycles. The molecule has 0 spiro atoms. The molecule has 128 valence electrons. The second-order valence-electron chi connectivity index (χ2n) is 6.49. The van der Waals surface area contributed by atoms with Gasteiger partial charge >= 0.3 is 0 Å². The van der Waals surface area contributed by atoms with Gasteiger partial charge in [0.15, 0.2) is 0 Å². The molecule has 0 radical (unpaired) electrons. The van der Waals surface area contributed by atoms with Crippen molar-refractivity contribution in [2.24, 2.45) is 7.05 Å². The summed E-state index contributed by atoms with van der Waals surface area (Å²) < 4.78 is 7.24. The van der Waals surface area contributed by atoms with E-state index in [1.54, 1.807) is 17.7 Å². The molecule has 0 aliphatic carbocycles. The third kappa shape index (κ3) is 3.82. The lowest BCUT2D eigenvalue weighted by atomic mass is 10.1. The highest BCUT2D eigenvalue weighted by Crippen LogP contribution is 2.14. The van der Waals surface area contributed by atoms with Crippen LogP contribution in [-0.4, -0.2) is 54.3 Å². The van der Waals surface area contributed by atoms with Crippen molar-refractivity contribution < 1.29 is 9.53 Å². The lowest BCUT2D eigenvalue weighted by Crippen LogP contribution is -2.45. The van der Waals surface area contributed by atoms with Crippen molar-refractivity contribution in [1.29, 1.82) is 0 Å². The molecule has 2 atom stereocenters. The quantitative estimate of drug-likeness (QED) is 0.877. The van der Waals surface area contributed by atoms with E-state index in [-0.39, 0.29) is 35.1 Å². The van der Waals surface area contributed by atoms with Crippen LogP contribution in [0, 0.1) is 0 Å². The van der Waals surface area contributed by atoms with Crippen LogP contribution in [0.15, 0.2) is 16.9 Å². The smallest absolute Gasteiger partial charge is 0.263 e. The summed E-state index contributed by atoms with van der Waals surface area (Å²) in [6, 6.07) is 3.38. The number of nitrogens with one attached hydrogen (secondary N) is 1. The van der Waals surface area contributed by atoms with Gasteiger partial charge in [-0.1, -0.05) is 13.8 Å². The molecule has 0 bridgehead atoms. The summed E-state index contributed by atoms with van der Waals surface area (Å²) in [5.74, 6) is -0.0958. The molecule has 1 aromatic heterocycles. The van der Waals surface area contributed by atoms with Gasteiger partial charge < -0.3 is 19.5 Å². The lowest BCUT2D eigenvalue weighted by Gasteiger charge is -2.20. The number of likely N-dealkylation sites (N-methyl/N-ethyl adjacent to an activating group) is 1. The van der Waals surface area contributed by atoms with Crippen molar-refractivity contribution in [2.45, 2.75) is 38.8 Å². The molecule has 6 nitrogen and oxygen atoms in total. The third-order valence-electron chi connectivity index (χ3n) is 4.33. The minimum absolute atomic E-state index is 0.0345. The molecule has 23 heavy (non-hydrogen) atoms. The molecule has 1 aromatic rings. The van der Waals surface area contributed by atoms with Crippen LogP contribution in [0.25, 0.3) is 0 Å². The molecular formula is C17H27N3O3. The van der Waals surface area contributed by atoms with Gasteiger partial charge in [-0.15, -0.1) is 0 Å². The van der Waals surface area contributed by atoms with Gasteiger partial charge in [-0.25, -0.2) is 0 Å². The number of likely N-dealkylation sites (tertiary alicyclic amines) is 1. The Bertz CT molecular complexity index is 624.